The van der Waals surface area contributed by atoms with Gasteiger partial charge >= 0.3 is 0 Å². The maximum Gasteiger partial charge on any atom is 0.281 e. The van der Waals surface area contributed by atoms with Crippen molar-refractivity contribution in [3.63, 3.8) is 0 Å². The lowest BCUT2D eigenvalue weighted by atomic mass is 10.3. The smallest absolute Gasteiger partial charge is 0.281 e. The fourth-order valence-electron chi connectivity index (χ4n) is 1.91. The number of carbonyl (C=O) groups excluding carboxylic acids is 1. The van der Waals surface area contributed by atoms with Gasteiger partial charge in [-0.15, -0.1) is 11.6 Å². The molecule has 1 N–H and O–H groups in total. The maximum atomic E-state index is 12.0. The number of nitrogens with zero attached hydrogens (tertiary/aromatic N) is 2. The molecule has 1 amide bonds. The quantitative estimate of drug-likeness (QED) is 0.382. The van der Waals surface area contributed by atoms with Gasteiger partial charge in [0.1, 0.15) is 5.69 Å². The molecule has 0 aliphatic carbocycles. The predicted octanol–water partition coefficient (Wildman–Crippen LogP) is 4.86. The summed E-state index contributed by atoms with van der Waals surface area (Å²) in [5.74, 6) is 1.14. The Morgan fingerprint density at radius 1 is 1.41 bits per heavy atom. The second-order valence-corrected chi connectivity index (χ2v) is 7.45. The Morgan fingerprint density at radius 3 is 3.00 bits per heavy atom. The summed E-state index contributed by atoms with van der Waals surface area (Å²) in [5, 5.41) is 1.02. The molecule has 0 aliphatic heterocycles. The van der Waals surface area contributed by atoms with E-state index in [1.54, 1.807) is 12.3 Å². The van der Waals surface area contributed by atoms with Crippen molar-refractivity contribution in [2.45, 2.75) is 6.42 Å². The minimum Gasteiger partial charge on any atom is -0.295 e. The Labute approximate surface area is 149 Å². The van der Waals surface area contributed by atoms with Crippen LogP contribution >= 0.6 is 58.1 Å². The first-order chi connectivity index (χ1) is 10.6. The van der Waals surface area contributed by atoms with Crippen molar-refractivity contribution in [3.05, 3.63) is 34.1 Å². The van der Waals surface area contributed by atoms with Crippen LogP contribution in [0.4, 0.5) is 0 Å². The molecule has 0 saturated carbocycles. The zero-order chi connectivity index (χ0) is 15.7. The highest BCUT2D eigenvalue weighted by Crippen LogP contribution is 2.36. The molecular weight excluding hydrogens is 385 g/mol. The standard InChI is InChI=1S/C13H10Cl3N3OS2/c14-4-1-5-21-18-12(20)8-6-19-9-3-2-7(15)10(16)11(9)22-13(19)17-8/h2-3,6H,1,4-5H2,(H,18,20). The van der Waals surface area contributed by atoms with Gasteiger partial charge < -0.3 is 0 Å². The molecule has 2 aromatic heterocycles. The molecule has 22 heavy (non-hydrogen) atoms. The number of hydrogen-bond donors (Lipinski definition) is 1. The number of hydrogen-bond acceptors (Lipinski definition) is 4. The van der Waals surface area contributed by atoms with Crippen LogP contribution in [-0.2, 0) is 0 Å². The first-order valence-electron chi connectivity index (χ1n) is 6.35. The van der Waals surface area contributed by atoms with E-state index in [4.69, 9.17) is 34.8 Å². The number of alkyl halides is 1. The van der Waals surface area contributed by atoms with Crippen LogP contribution in [0.5, 0.6) is 0 Å². The molecule has 0 aliphatic rings. The van der Waals surface area contributed by atoms with Crippen LogP contribution in [0.15, 0.2) is 18.3 Å². The Bertz CT molecular complexity index is 846. The summed E-state index contributed by atoms with van der Waals surface area (Å²) >= 11 is 20.5. The summed E-state index contributed by atoms with van der Waals surface area (Å²) in [5.41, 5.74) is 1.26. The third-order valence-electron chi connectivity index (χ3n) is 2.93. The zero-order valence-electron chi connectivity index (χ0n) is 11.1. The Kier molecular flexibility index (Phi) is 5.04. The molecule has 0 spiro atoms. The highest BCUT2D eigenvalue weighted by Gasteiger charge is 2.16. The SMILES string of the molecule is O=C(NSCCCCl)c1cn2c(n1)sc1c(Cl)c(Cl)ccc12. The van der Waals surface area contributed by atoms with Crippen molar-refractivity contribution < 1.29 is 4.79 Å². The molecule has 3 rings (SSSR count). The summed E-state index contributed by atoms with van der Waals surface area (Å²) in [6, 6.07) is 3.60. The molecule has 0 radical (unpaired) electrons. The first-order valence-corrected chi connectivity index (χ1v) is 9.44. The van der Waals surface area contributed by atoms with E-state index in [2.05, 4.69) is 9.71 Å². The van der Waals surface area contributed by atoms with E-state index in [0.29, 0.717) is 26.6 Å². The number of aromatic nitrogens is 2. The second-order valence-electron chi connectivity index (χ2n) is 4.41. The van der Waals surface area contributed by atoms with E-state index >= 15 is 0 Å². The second kappa shape index (κ2) is 6.84. The summed E-state index contributed by atoms with van der Waals surface area (Å²) in [7, 11) is 0. The maximum absolute atomic E-state index is 12.0. The van der Waals surface area contributed by atoms with Crippen molar-refractivity contribution in [3.8, 4) is 0 Å². The van der Waals surface area contributed by atoms with Crippen LogP contribution < -0.4 is 4.72 Å². The number of thiazole rings is 1. The van der Waals surface area contributed by atoms with Crippen molar-refractivity contribution >= 4 is 79.2 Å². The fraction of sp³-hybridized carbons (Fsp3) is 0.231. The van der Waals surface area contributed by atoms with Crippen LogP contribution in [-0.4, -0.2) is 26.9 Å². The number of halogens is 3. The first kappa shape index (κ1) is 16.2. The number of amides is 1. The highest BCUT2D eigenvalue weighted by atomic mass is 35.5. The third kappa shape index (κ3) is 3.03. The van der Waals surface area contributed by atoms with Gasteiger partial charge in [-0.25, -0.2) is 4.98 Å². The summed E-state index contributed by atoms with van der Waals surface area (Å²) < 4.78 is 5.46. The van der Waals surface area contributed by atoms with E-state index in [-0.39, 0.29) is 5.91 Å². The van der Waals surface area contributed by atoms with Gasteiger partial charge in [0.25, 0.3) is 5.91 Å². The molecule has 116 valence electrons. The third-order valence-corrected chi connectivity index (χ3v) is 6.03. The number of carbonyl (C=O) groups is 1. The van der Waals surface area contributed by atoms with Gasteiger partial charge in [-0.1, -0.05) is 46.5 Å². The molecule has 9 heteroatoms. The average Bonchev–Trinajstić information content (AvgIpc) is 3.05. The van der Waals surface area contributed by atoms with Crippen LogP contribution in [0, 0.1) is 0 Å². The highest BCUT2D eigenvalue weighted by molar-refractivity contribution is 7.97. The molecule has 0 saturated heterocycles. The van der Waals surface area contributed by atoms with Gasteiger partial charge in [0, 0.05) is 17.8 Å². The molecule has 1 aromatic carbocycles. The Morgan fingerprint density at radius 2 is 2.23 bits per heavy atom. The van der Waals surface area contributed by atoms with Gasteiger partial charge in [0.15, 0.2) is 4.96 Å². The molecule has 2 heterocycles. The molecule has 4 nitrogen and oxygen atoms in total. The molecule has 0 bridgehead atoms. The Balaban J connectivity index is 1.88. The minimum atomic E-state index is -0.219. The average molecular weight is 395 g/mol. The normalized spacial score (nSPS) is 11.4. The number of benzene rings is 1. The van der Waals surface area contributed by atoms with Crippen LogP contribution in [0.1, 0.15) is 16.9 Å². The van der Waals surface area contributed by atoms with E-state index in [0.717, 1.165) is 22.4 Å². The van der Waals surface area contributed by atoms with Gasteiger partial charge in [-0.3, -0.25) is 13.9 Å². The Hall–Kier alpha value is -0.660. The van der Waals surface area contributed by atoms with Crippen molar-refractivity contribution in [1.29, 1.82) is 0 Å². The zero-order valence-corrected chi connectivity index (χ0v) is 15.0. The molecular formula is C13H10Cl3N3OS2. The van der Waals surface area contributed by atoms with E-state index in [1.165, 1.54) is 23.3 Å². The van der Waals surface area contributed by atoms with Crippen molar-refractivity contribution in [2.75, 3.05) is 11.6 Å². The summed E-state index contributed by atoms with van der Waals surface area (Å²) in [4.78, 5) is 17.1. The molecule has 3 aromatic rings. The van der Waals surface area contributed by atoms with Crippen molar-refractivity contribution in [1.82, 2.24) is 14.1 Å². The lowest BCUT2D eigenvalue weighted by molar-refractivity contribution is 0.0980. The lowest BCUT2D eigenvalue weighted by Crippen LogP contribution is -2.16. The predicted molar refractivity (Wildman–Crippen MR) is 95.9 cm³/mol. The molecule has 0 unspecified atom stereocenters. The number of nitrogens with one attached hydrogen (secondary N) is 1. The fourth-order valence-corrected chi connectivity index (χ4v) is 4.37. The monoisotopic (exact) mass is 393 g/mol. The molecule has 0 fully saturated rings. The topological polar surface area (TPSA) is 46.4 Å². The van der Waals surface area contributed by atoms with Crippen molar-refractivity contribution in [2.24, 2.45) is 0 Å². The van der Waals surface area contributed by atoms with Gasteiger partial charge in [0.2, 0.25) is 0 Å². The lowest BCUT2D eigenvalue weighted by Gasteiger charge is -2.00. The number of rotatable bonds is 5. The van der Waals surface area contributed by atoms with Crippen LogP contribution in [0.3, 0.4) is 0 Å². The van der Waals surface area contributed by atoms with Gasteiger partial charge in [-0.05, 0) is 18.6 Å². The number of imidazole rings is 1. The van der Waals surface area contributed by atoms with E-state index in [9.17, 15) is 4.79 Å². The van der Waals surface area contributed by atoms with Gasteiger partial charge in [0.05, 0.1) is 20.3 Å². The molecule has 0 atom stereocenters. The summed E-state index contributed by atoms with van der Waals surface area (Å²) in [6.45, 7) is 0. The van der Waals surface area contributed by atoms with Crippen LogP contribution in [0.25, 0.3) is 15.2 Å². The minimum absolute atomic E-state index is 0.219. The van der Waals surface area contributed by atoms with Crippen LogP contribution in [0.2, 0.25) is 10.0 Å². The van der Waals surface area contributed by atoms with E-state index in [1.807, 2.05) is 10.5 Å². The largest absolute Gasteiger partial charge is 0.295 e. The number of fused-ring (bicyclic) bond motifs is 3. The van der Waals surface area contributed by atoms with E-state index < -0.39 is 0 Å². The summed E-state index contributed by atoms with van der Waals surface area (Å²) in [6.07, 6.45) is 2.55. The van der Waals surface area contributed by atoms with Gasteiger partial charge in [-0.2, -0.15) is 0 Å².